The molecule has 2 aromatic rings. The van der Waals surface area contributed by atoms with E-state index in [0.29, 0.717) is 6.42 Å². The second-order valence-electron chi connectivity index (χ2n) is 4.39. The van der Waals surface area contributed by atoms with Crippen LogP contribution in [0.2, 0.25) is 0 Å². The Bertz CT molecular complexity index is 687. The highest BCUT2D eigenvalue weighted by atomic mass is 32.2. The van der Waals surface area contributed by atoms with Crippen molar-refractivity contribution >= 4 is 9.84 Å². The zero-order chi connectivity index (χ0) is 12.8. The molecule has 1 aromatic carbocycles. The zero-order valence-electron chi connectivity index (χ0n) is 9.57. The third-order valence-corrected chi connectivity index (χ3v) is 4.65. The van der Waals surface area contributed by atoms with Gasteiger partial charge in [-0.25, -0.2) is 13.1 Å². The third-order valence-electron chi connectivity index (χ3n) is 3.07. The Morgan fingerprint density at radius 1 is 1.22 bits per heavy atom. The number of sulfone groups is 1. The molecule has 0 spiro atoms. The molecular weight excluding hydrogens is 252 g/mol. The molecule has 1 aliphatic heterocycles. The van der Waals surface area contributed by atoms with Gasteiger partial charge in [0.2, 0.25) is 0 Å². The lowest BCUT2D eigenvalue weighted by atomic mass is 10.2. The minimum absolute atomic E-state index is 0.0699. The van der Waals surface area contributed by atoms with Crippen LogP contribution in [-0.2, 0) is 22.0 Å². The number of fused-ring (bicyclic) bond motifs is 1. The van der Waals surface area contributed by atoms with Crippen molar-refractivity contribution in [3.8, 4) is 11.4 Å². The first-order chi connectivity index (χ1) is 8.55. The predicted octanol–water partition coefficient (Wildman–Crippen LogP) is 1.05. The van der Waals surface area contributed by atoms with Crippen LogP contribution in [0.5, 0.6) is 5.75 Å². The molecular formula is C12H12N2O3S. The summed E-state index contributed by atoms with van der Waals surface area (Å²) in [4.78, 5) is 0. The fraction of sp³-hybridized carbons (Fsp3) is 0.250. The van der Waals surface area contributed by atoms with Gasteiger partial charge in [0, 0.05) is 17.7 Å². The van der Waals surface area contributed by atoms with Crippen molar-refractivity contribution in [2.75, 3.05) is 5.75 Å². The molecule has 6 heteroatoms. The van der Waals surface area contributed by atoms with Crippen molar-refractivity contribution in [1.82, 2.24) is 9.78 Å². The fourth-order valence-corrected chi connectivity index (χ4v) is 3.54. The number of nitrogens with zero attached hydrogens (tertiary/aromatic N) is 2. The summed E-state index contributed by atoms with van der Waals surface area (Å²) in [5.74, 6) is 0.437. The van der Waals surface area contributed by atoms with Crippen molar-refractivity contribution in [3.63, 3.8) is 0 Å². The topological polar surface area (TPSA) is 72.2 Å². The number of aromatic nitrogens is 2. The van der Waals surface area contributed by atoms with Crippen molar-refractivity contribution in [3.05, 3.63) is 41.7 Å². The van der Waals surface area contributed by atoms with Crippen LogP contribution in [0, 0.1) is 0 Å². The fourth-order valence-electron chi connectivity index (χ4n) is 2.17. The van der Waals surface area contributed by atoms with Gasteiger partial charge in [0.1, 0.15) is 5.75 Å². The molecule has 0 bridgehead atoms. The van der Waals surface area contributed by atoms with E-state index in [1.165, 1.54) is 0 Å². The predicted molar refractivity (Wildman–Crippen MR) is 66.4 cm³/mol. The van der Waals surface area contributed by atoms with Crippen molar-refractivity contribution in [2.45, 2.75) is 12.2 Å². The largest absolute Gasteiger partial charge is 0.508 e. The average Bonchev–Trinajstić information content (AvgIpc) is 2.71. The number of phenolic OH excluding ortho intramolecular Hbond substituents is 1. The van der Waals surface area contributed by atoms with E-state index < -0.39 is 9.84 Å². The Kier molecular flexibility index (Phi) is 2.41. The molecule has 3 rings (SSSR count). The van der Waals surface area contributed by atoms with Gasteiger partial charge in [0.05, 0.1) is 23.4 Å². The Morgan fingerprint density at radius 3 is 2.67 bits per heavy atom. The number of hydrogen-bond acceptors (Lipinski definition) is 4. The van der Waals surface area contributed by atoms with Gasteiger partial charge in [-0.15, -0.1) is 0 Å². The molecule has 0 radical (unpaired) electrons. The van der Waals surface area contributed by atoms with Crippen LogP contribution in [-0.4, -0.2) is 29.1 Å². The monoisotopic (exact) mass is 264 g/mol. The van der Waals surface area contributed by atoms with E-state index in [-0.39, 0.29) is 17.3 Å². The number of aromatic hydroxyl groups is 1. The summed E-state index contributed by atoms with van der Waals surface area (Å²) in [6.07, 6.45) is 2.09. The number of benzene rings is 1. The van der Waals surface area contributed by atoms with Crippen molar-refractivity contribution in [1.29, 1.82) is 0 Å². The van der Waals surface area contributed by atoms with Gasteiger partial charge in [-0.3, -0.25) is 0 Å². The lowest BCUT2D eigenvalue weighted by Crippen LogP contribution is -2.20. The van der Waals surface area contributed by atoms with E-state index in [4.69, 9.17) is 0 Å². The molecule has 0 unspecified atom stereocenters. The van der Waals surface area contributed by atoms with E-state index in [9.17, 15) is 13.5 Å². The summed E-state index contributed by atoms with van der Waals surface area (Å²) < 4.78 is 24.8. The SMILES string of the molecule is O=S1(=O)CCc2c(cnn2-c2ccc(O)cc2)C1. The minimum Gasteiger partial charge on any atom is -0.508 e. The minimum atomic E-state index is -2.97. The number of phenols is 1. The van der Waals surface area contributed by atoms with E-state index in [0.717, 1.165) is 16.9 Å². The molecule has 1 aliphatic rings. The van der Waals surface area contributed by atoms with Crippen LogP contribution in [0.25, 0.3) is 5.69 Å². The van der Waals surface area contributed by atoms with Gasteiger partial charge in [0.25, 0.3) is 0 Å². The Labute approximate surface area is 105 Å². The van der Waals surface area contributed by atoms with Crippen LogP contribution >= 0.6 is 0 Å². The highest BCUT2D eigenvalue weighted by Crippen LogP contribution is 2.23. The third kappa shape index (κ3) is 1.88. The molecule has 0 fully saturated rings. The van der Waals surface area contributed by atoms with Crippen LogP contribution in [0.4, 0.5) is 0 Å². The highest BCUT2D eigenvalue weighted by molar-refractivity contribution is 7.90. The Balaban J connectivity index is 2.06. The van der Waals surface area contributed by atoms with E-state index in [1.54, 1.807) is 35.1 Å². The lowest BCUT2D eigenvalue weighted by molar-refractivity contribution is 0.475. The first-order valence-corrected chi connectivity index (χ1v) is 7.43. The summed E-state index contributed by atoms with van der Waals surface area (Å²) in [5, 5.41) is 13.5. The molecule has 0 saturated heterocycles. The normalized spacial score (nSPS) is 17.3. The summed E-state index contributed by atoms with van der Waals surface area (Å²) in [7, 11) is -2.97. The molecule has 5 nitrogen and oxygen atoms in total. The van der Waals surface area contributed by atoms with E-state index >= 15 is 0 Å². The van der Waals surface area contributed by atoms with Crippen LogP contribution in [0.1, 0.15) is 11.3 Å². The molecule has 0 amide bonds. The van der Waals surface area contributed by atoms with Gasteiger partial charge >= 0.3 is 0 Å². The Hall–Kier alpha value is -1.82. The van der Waals surface area contributed by atoms with Crippen molar-refractivity contribution in [2.24, 2.45) is 0 Å². The standard InChI is InChI=1S/C12H12N2O3S/c15-11-3-1-10(2-4-11)14-12-5-6-18(16,17)8-9(12)7-13-14/h1-4,7,15H,5-6,8H2. The van der Waals surface area contributed by atoms with Gasteiger partial charge in [0.15, 0.2) is 9.84 Å². The maximum Gasteiger partial charge on any atom is 0.154 e. The quantitative estimate of drug-likeness (QED) is 0.835. The average molecular weight is 264 g/mol. The zero-order valence-corrected chi connectivity index (χ0v) is 10.4. The molecule has 0 atom stereocenters. The Morgan fingerprint density at radius 2 is 1.94 bits per heavy atom. The molecule has 94 valence electrons. The second-order valence-corrected chi connectivity index (χ2v) is 6.57. The van der Waals surface area contributed by atoms with Crippen LogP contribution < -0.4 is 0 Å². The molecule has 0 aliphatic carbocycles. The van der Waals surface area contributed by atoms with E-state index in [1.807, 2.05) is 0 Å². The molecule has 1 aromatic heterocycles. The summed E-state index contributed by atoms with van der Waals surface area (Å²) in [6, 6.07) is 6.68. The van der Waals surface area contributed by atoms with Gasteiger partial charge in [-0.1, -0.05) is 0 Å². The van der Waals surface area contributed by atoms with Crippen molar-refractivity contribution < 1.29 is 13.5 Å². The number of rotatable bonds is 1. The molecule has 0 saturated carbocycles. The smallest absolute Gasteiger partial charge is 0.154 e. The summed E-state index contributed by atoms with van der Waals surface area (Å²) >= 11 is 0. The second kappa shape index (κ2) is 3.84. The maximum atomic E-state index is 11.5. The maximum absolute atomic E-state index is 11.5. The number of hydrogen-bond donors (Lipinski definition) is 1. The molecule has 1 N–H and O–H groups in total. The summed E-state index contributed by atoms with van der Waals surface area (Å²) in [5.41, 5.74) is 2.54. The molecule has 2 heterocycles. The highest BCUT2D eigenvalue weighted by Gasteiger charge is 2.25. The van der Waals surface area contributed by atoms with Crippen LogP contribution in [0.3, 0.4) is 0 Å². The van der Waals surface area contributed by atoms with Gasteiger partial charge < -0.3 is 5.11 Å². The van der Waals surface area contributed by atoms with Crippen LogP contribution in [0.15, 0.2) is 30.5 Å². The van der Waals surface area contributed by atoms with Gasteiger partial charge in [-0.05, 0) is 24.3 Å². The first-order valence-electron chi connectivity index (χ1n) is 5.61. The van der Waals surface area contributed by atoms with Gasteiger partial charge in [-0.2, -0.15) is 5.10 Å². The summed E-state index contributed by atoms with van der Waals surface area (Å²) in [6.45, 7) is 0. The van der Waals surface area contributed by atoms with E-state index in [2.05, 4.69) is 5.10 Å². The first kappa shape index (κ1) is 11.3. The molecule has 18 heavy (non-hydrogen) atoms. The lowest BCUT2D eigenvalue weighted by Gasteiger charge is -2.14.